The van der Waals surface area contributed by atoms with Crippen molar-refractivity contribution in [1.82, 2.24) is 4.98 Å². The number of benzene rings is 1. The van der Waals surface area contributed by atoms with Crippen LogP contribution in [-0.2, 0) is 0 Å². The van der Waals surface area contributed by atoms with Crippen molar-refractivity contribution in [3.05, 3.63) is 46.6 Å². The van der Waals surface area contributed by atoms with Crippen molar-refractivity contribution in [2.75, 3.05) is 11.1 Å². The fourth-order valence-electron chi connectivity index (χ4n) is 1.61. The molecule has 2 aromatic rings. The molecule has 1 heterocycles. The third-order valence-corrected chi connectivity index (χ3v) is 2.76. The van der Waals surface area contributed by atoms with E-state index in [0.717, 1.165) is 0 Å². The smallest absolute Gasteiger partial charge is 0.252 e. The molecule has 0 atom stereocenters. The second-order valence-corrected chi connectivity index (χ2v) is 4.39. The summed E-state index contributed by atoms with van der Waals surface area (Å²) in [5.74, 6) is -0.460. The maximum atomic E-state index is 11.4. The molecule has 7 heteroatoms. The number of nitrogens with zero attached hydrogens (tertiary/aromatic N) is 2. The van der Waals surface area contributed by atoms with E-state index in [0.29, 0.717) is 22.0 Å². The number of rotatable bonds is 3. The summed E-state index contributed by atoms with van der Waals surface area (Å²) in [6.45, 7) is 0. The van der Waals surface area contributed by atoms with Crippen molar-refractivity contribution >= 4 is 34.7 Å². The Bertz CT molecular complexity index is 723. The zero-order valence-corrected chi connectivity index (χ0v) is 11.0. The highest BCUT2D eigenvalue weighted by molar-refractivity contribution is 6.30. The van der Waals surface area contributed by atoms with Gasteiger partial charge in [-0.05, 0) is 24.3 Å². The summed E-state index contributed by atoms with van der Waals surface area (Å²) in [5.41, 5.74) is 12.1. The molecule has 1 aromatic carbocycles. The lowest BCUT2D eigenvalue weighted by Gasteiger charge is -2.11. The molecular formula is C13H10ClN5O. The van der Waals surface area contributed by atoms with Crippen molar-refractivity contribution in [2.45, 2.75) is 0 Å². The standard InChI is InChI=1S/C13H10ClN5O/c14-8-2-1-7(5-15)11(3-8)19-13-10(12(17)20)4-9(16)6-18-13/h1-4,6H,16H2,(H2,17,20)(H,18,19). The van der Waals surface area contributed by atoms with Gasteiger partial charge < -0.3 is 16.8 Å². The monoisotopic (exact) mass is 287 g/mol. The van der Waals surface area contributed by atoms with Gasteiger partial charge in [-0.1, -0.05) is 11.6 Å². The van der Waals surface area contributed by atoms with E-state index >= 15 is 0 Å². The summed E-state index contributed by atoms with van der Waals surface area (Å²) >= 11 is 5.89. The third kappa shape index (κ3) is 2.79. The van der Waals surface area contributed by atoms with Crippen LogP contribution in [0.3, 0.4) is 0 Å². The van der Waals surface area contributed by atoms with E-state index in [4.69, 9.17) is 28.3 Å². The van der Waals surface area contributed by atoms with Crippen LogP contribution in [0.25, 0.3) is 0 Å². The van der Waals surface area contributed by atoms with Gasteiger partial charge in [-0.3, -0.25) is 4.79 Å². The zero-order valence-electron chi connectivity index (χ0n) is 10.2. The number of hydrogen-bond acceptors (Lipinski definition) is 5. The Balaban J connectivity index is 2.48. The molecule has 0 aliphatic rings. The molecule has 0 aliphatic carbocycles. The van der Waals surface area contributed by atoms with Gasteiger partial charge in [0, 0.05) is 5.02 Å². The molecule has 0 unspecified atom stereocenters. The topological polar surface area (TPSA) is 118 Å². The summed E-state index contributed by atoms with van der Waals surface area (Å²) in [6, 6.07) is 8.14. The summed E-state index contributed by atoms with van der Waals surface area (Å²) < 4.78 is 0. The van der Waals surface area contributed by atoms with E-state index in [9.17, 15) is 4.79 Å². The molecule has 0 bridgehead atoms. The molecule has 5 N–H and O–H groups in total. The maximum Gasteiger partial charge on any atom is 0.252 e. The van der Waals surface area contributed by atoms with Gasteiger partial charge in [-0.25, -0.2) is 4.98 Å². The predicted molar refractivity (Wildman–Crippen MR) is 76.6 cm³/mol. The number of amides is 1. The van der Waals surface area contributed by atoms with E-state index in [-0.39, 0.29) is 11.4 Å². The first-order valence-corrected chi connectivity index (χ1v) is 5.91. The van der Waals surface area contributed by atoms with Gasteiger partial charge >= 0.3 is 0 Å². The first-order valence-electron chi connectivity index (χ1n) is 5.53. The molecular weight excluding hydrogens is 278 g/mol. The van der Waals surface area contributed by atoms with Gasteiger partial charge in [0.2, 0.25) is 0 Å². The molecule has 1 aromatic heterocycles. The number of primary amides is 1. The van der Waals surface area contributed by atoms with E-state index in [1.807, 2.05) is 6.07 Å². The highest BCUT2D eigenvalue weighted by Gasteiger charge is 2.12. The molecule has 1 amide bonds. The summed E-state index contributed by atoms with van der Waals surface area (Å²) in [7, 11) is 0. The van der Waals surface area contributed by atoms with E-state index in [1.54, 1.807) is 18.2 Å². The minimum Gasteiger partial charge on any atom is -0.397 e. The van der Waals surface area contributed by atoms with Gasteiger partial charge in [-0.15, -0.1) is 0 Å². The van der Waals surface area contributed by atoms with Crippen molar-refractivity contribution in [1.29, 1.82) is 5.26 Å². The van der Waals surface area contributed by atoms with Crippen molar-refractivity contribution in [2.24, 2.45) is 5.73 Å². The quantitative estimate of drug-likeness (QED) is 0.798. The Morgan fingerprint density at radius 3 is 2.80 bits per heavy atom. The van der Waals surface area contributed by atoms with Crippen molar-refractivity contribution in [3.8, 4) is 6.07 Å². The zero-order chi connectivity index (χ0) is 14.7. The molecule has 0 aliphatic heterocycles. The van der Waals surface area contributed by atoms with Gasteiger partial charge in [0.15, 0.2) is 0 Å². The van der Waals surface area contributed by atoms with Crippen LogP contribution in [0.15, 0.2) is 30.5 Å². The SMILES string of the molecule is N#Cc1ccc(Cl)cc1Nc1ncc(N)cc1C(N)=O. The van der Waals surface area contributed by atoms with Crippen LogP contribution in [0, 0.1) is 11.3 Å². The Kier molecular flexibility index (Phi) is 3.73. The molecule has 0 fully saturated rings. The molecule has 0 saturated heterocycles. The second-order valence-electron chi connectivity index (χ2n) is 3.96. The van der Waals surface area contributed by atoms with Crippen LogP contribution >= 0.6 is 11.6 Å². The highest BCUT2D eigenvalue weighted by Crippen LogP contribution is 2.25. The lowest BCUT2D eigenvalue weighted by Crippen LogP contribution is -2.15. The highest BCUT2D eigenvalue weighted by atomic mass is 35.5. The number of carbonyl (C=O) groups excluding carboxylic acids is 1. The average molecular weight is 288 g/mol. The minimum absolute atomic E-state index is 0.133. The van der Waals surface area contributed by atoms with Crippen LogP contribution in [0.5, 0.6) is 0 Å². The number of anilines is 3. The first-order chi connectivity index (χ1) is 9.51. The van der Waals surface area contributed by atoms with Crippen molar-refractivity contribution < 1.29 is 4.79 Å². The summed E-state index contributed by atoms with van der Waals surface area (Å²) in [6.07, 6.45) is 1.38. The number of aromatic nitrogens is 1. The second kappa shape index (κ2) is 5.47. The summed E-state index contributed by atoms with van der Waals surface area (Å²) in [5, 5.41) is 12.4. The lowest BCUT2D eigenvalue weighted by molar-refractivity contribution is 0.100. The van der Waals surface area contributed by atoms with Crippen LogP contribution in [0.1, 0.15) is 15.9 Å². The van der Waals surface area contributed by atoms with E-state index in [2.05, 4.69) is 10.3 Å². The lowest BCUT2D eigenvalue weighted by atomic mass is 10.1. The van der Waals surface area contributed by atoms with Gasteiger partial charge in [0.05, 0.1) is 28.7 Å². The normalized spacial score (nSPS) is 9.80. The van der Waals surface area contributed by atoms with E-state index in [1.165, 1.54) is 12.3 Å². The Morgan fingerprint density at radius 1 is 1.40 bits per heavy atom. The van der Waals surface area contributed by atoms with Gasteiger partial charge in [0.1, 0.15) is 11.9 Å². The number of nitrogens with two attached hydrogens (primary N) is 2. The number of hydrogen-bond donors (Lipinski definition) is 3. The van der Waals surface area contributed by atoms with Crippen LogP contribution < -0.4 is 16.8 Å². The Morgan fingerprint density at radius 2 is 2.15 bits per heavy atom. The van der Waals surface area contributed by atoms with Crippen LogP contribution in [-0.4, -0.2) is 10.9 Å². The molecule has 100 valence electrons. The maximum absolute atomic E-state index is 11.4. The molecule has 0 saturated carbocycles. The number of nitrogen functional groups attached to an aromatic ring is 1. The molecule has 2 rings (SSSR count). The number of pyridine rings is 1. The predicted octanol–water partition coefficient (Wildman–Crippen LogP) is 2.03. The van der Waals surface area contributed by atoms with Gasteiger partial charge in [-0.2, -0.15) is 5.26 Å². The molecule has 6 nitrogen and oxygen atoms in total. The Hall–Kier alpha value is -2.78. The number of nitrogens with one attached hydrogen (secondary N) is 1. The minimum atomic E-state index is -0.673. The van der Waals surface area contributed by atoms with Crippen LogP contribution in [0.4, 0.5) is 17.2 Å². The fraction of sp³-hybridized carbons (Fsp3) is 0. The third-order valence-electron chi connectivity index (χ3n) is 2.53. The number of nitriles is 1. The summed E-state index contributed by atoms with van der Waals surface area (Å²) in [4.78, 5) is 15.4. The van der Waals surface area contributed by atoms with Gasteiger partial charge in [0.25, 0.3) is 5.91 Å². The number of carbonyl (C=O) groups is 1. The largest absolute Gasteiger partial charge is 0.397 e. The van der Waals surface area contributed by atoms with E-state index < -0.39 is 5.91 Å². The van der Waals surface area contributed by atoms with Crippen molar-refractivity contribution in [3.63, 3.8) is 0 Å². The first kappa shape index (κ1) is 13.6. The number of halogens is 1. The Labute approximate surface area is 120 Å². The average Bonchev–Trinajstić information content (AvgIpc) is 2.41. The molecule has 0 radical (unpaired) electrons. The fourth-order valence-corrected chi connectivity index (χ4v) is 1.79. The molecule has 20 heavy (non-hydrogen) atoms. The van der Waals surface area contributed by atoms with Crippen LogP contribution in [0.2, 0.25) is 5.02 Å². The molecule has 0 spiro atoms.